The van der Waals surface area contributed by atoms with Crippen molar-refractivity contribution in [3.8, 4) is 33.8 Å². The van der Waals surface area contributed by atoms with Gasteiger partial charge in [0, 0.05) is 0 Å². The topological polar surface area (TPSA) is 18.5 Å². The lowest BCUT2D eigenvalue weighted by Crippen LogP contribution is -1.88. The van der Waals surface area contributed by atoms with Crippen LogP contribution in [0.1, 0.15) is 0 Å². The number of rotatable bonds is 4. The van der Waals surface area contributed by atoms with E-state index in [2.05, 4.69) is 0 Å². The normalized spacial score (nSPS) is 10.4. The van der Waals surface area contributed by atoms with Gasteiger partial charge in [-0.05, 0) is 46.5 Å². The van der Waals surface area contributed by atoms with Crippen LogP contribution >= 0.6 is 0 Å². The third-order valence-electron chi connectivity index (χ3n) is 3.77. The van der Waals surface area contributed by atoms with E-state index >= 15 is 0 Å². The zero-order valence-electron chi connectivity index (χ0n) is 13.0. The van der Waals surface area contributed by atoms with Gasteiger partial charge in [0.15, 0.2) is 11.6 Å². The first-order valence-corrected chi connectivity index (χ1v) is 7.29. The minimum absolute atomic E-state index is 0.252. The number of ether oxygens (including phenoxy) is 2. The molecule has 0 aromatic heterocycles. The molecular formula is C20H17FO2. The second-order valence-corrected chi connectivity index (χ2v) is 5.16. The Morgan fingerprint density at radius 1 is 0.652 bits per heavy atom. The molecule has 2 nitrogen and oxygen atoms in total. The maximum Gasteiger partial charge on any atom is 0.165 e. The van der Waals surface area contributed by atoms with Crippen molar-refractivity contribution in [1.82, 2.24) is 0 Å². The van der Waals surface area contributed by atoms with Crippen LogP contribution in [0.15, 0.2) is 66.7 Å². The molecule has 116 valence electrons. The molecule has 3 heteroatoms. The monoisotopic (exact) mass is 308 g/mol. The first-order chi connectivity index (χ1) is 11.2. The van der Waals surface area contributed by atoms with Gasteiger partial charge in [-0.15, -0.1) is 0 Å². The van der Waals surface area contributed by atoms with E-state index in [1.165, 1.54) is 13.2 Å². The molecule has 0 amide bonds. The molecule has 0 N–H and O–H groups in total. The summed E-state index contributed by atoms with van der Waals surface area (Å²) in [6.07, 6.45) is 0. The maximum atomic E-state index is 13.8. The average molecular weight is 308 g/mol. The highest BCUT2D eigenvalue weighted by Crippen LogP contribution is 2.29. The third kappa shape index (κ3) is 3.19. The van der Waals surface area contributed by atoms with Crippen LogP contribution in [0.5, 0.6) is 11.5 Å². The lowest BCUT2D eigenvalue weighted by molar-refractivity contribution is 0.386. The number of halogens is 1. The highest BCUT2D eigenvalue weighted by Gasteiger charge is 2.06. The molecule has 3 aromatic carbocycles. The molecule has 0 spiro atoms. The summed E-state index contributed by atoms with van der Waals surface area (Å²) in [4.78, 5) is 0. The van der Waals surface area contributed by atoms with Gasteiger partial charge in [0.1, 0.15) is 5.75 Å². The zero-order valence-corrected chi connectivity index (χ0v) is 13.0. The molecule has 0 heterocycles. The number of methoxy groups -OCH3 is 2. The van der Waals surface area contributed by atoms with E-state index in [-0.39, 0.29) is 11.6 Å². The SMILES string of the molecule is COc1cccc(-c2ccc(-c3ccc(OC)c(F)c3)cc2)c1. The van der Waals surface area contributed by atoms with Crippen LogP contribution in [0.4, 0.5) is 4.39 Å². The van der Waals surface area contributed by atoms with E-state index in [0.717, 1.165) is 28.0 Å². The molecule has 23 heavy (non-hydrogen) atoms. The molecule has 0 atom stereocenters. The van der Waals surface area contributed by atoms with Gasteiger partial charge >= 0.3 is 0 Å². The van der Waals surface area contributed by atoms with E-state index in [1.54, 1.807) is 13.2 Å². The van der Waals surface area contributed by atoms with Gasteiger partial charge in [-0.25, -0.2) is 4.39 Å². The average Bonchev–Trinajstić information content (AvgIpc) is 2.62. The van der Waals surface area contributed by atoms with Crippen LogP contribution in [0.2, 0.25) is 0 Å². The number of hydrogen-bond donors (Lipinski definition) is 0. The molecule has 3 aromatic rings. The minimum Gasteiger partial charge on any atom is -0.497 e. The summed E-state index contributed by atoms with van der Waals surface area (Å²) < 4.78 is 24.0. The fourth-order valence-electron chi connectivity index (χ4n) is 2.50. The molecular weight excluding hydrogens is 291 g/mol. The van der Waals surface area contributed by atoms with E-state index in [0.29, 0.717) is 0 Å². The summed E-state index contributed by atoms with van der Waals surface area (Å²) in [5.74, 6) is 0.715. The Hall–Kier alpha value is -2.81. The Morgan fingerprint density at radius 2 is 1.26 bits per heavy atom. The second-order valence-electron chi connectivity index (χ2n) is 5.16. The second kappa shape index (κ2) is 6.53. The molecule has 0 saturated heterocycles. The van der Waals surface area contributed by atoms with Crippen molar-refractivity contribution in [3.63, 3.8) is 0 Å². The Kier molecular flexibility index (Phi) is 4.29. The Bertz CT molecular complexity index is 810. The summed E-state index contributed by atoms with van der Waals surface area (Å²) >= 11 is 0. The van der Waals surface area contributed by atoms with Crippen molar-refractivity contribution in [2.24, 2.45) is 0 Å². The van der Waals surface area contributed by atoms with E-state index < -0.39 is 0 Å². The molecule has 0 saturated carbocycles. The lowest BCUT2D eigenvalue weighted by atomic mass is 10.00. The smallest absolute Gasteiger partial charge is 0.165 e. The molecule has 0 fully saturated rings. The predicted octanol–water partition coefficient (Wildman–Crippen LogP) is 5.18. The first-order valence-electron chi connectivity index (χ1n) is 7.29. The molecule has 0 aliphatic rings. The molecule has 0 radical (unpaired) electrons. The quantitative estimate of drug-likeness (QED) is 0.661. The van der Waals surface area contributed by atoms with Crippen LogP contribution in [0.25, 0.3) is 22.3 Å². The highest BCUT2D eigenvalue weighted by molar-refractivity contribution is 5.71. The molecule has 3 rings (SSSR count). The first kappa shape index (κ1) is 15.1. The fourth-order valence-corrected chi connectivity index (χ4v) is 2.50. The van der Waals surface area contributed by atoms with Gasteiger partial charge in [-0.1, -0.05) is 42.5 Å². The van der Waals surface area contributed by atoms with Crippen LogP contribution in [0.3, 0.4) is 0 Å². The third-order valence-corrected chi connectivity index (χ3v) is 3.77. The van der Waals surface area contributed by atoms with Crippen molar-refractivity contribution in [3.05, 3.63) is 72.5 Å². The minimum atomic E-state index is -0.359. The fraction of sp³-hybridized carbons (Fsp3) is 0.100. The zero-order chi connectivity index (χ0) is 16.2. The standard InChI is InChI=1S/C20H17FO2/c1-22-18-5-3-4-16(12-18)14-6-8-15(9-7-14)17-10-11-20(23-2)19(21)13-17/h3-13H,1-2H3. The number of hydrogen-bond acceptors (Lipinski definition) is 2. The van der Waals surface area contributed by atoms with Crippen molar-refractivity contribution in [2.45, 2.75) is 0 Å². The van der Waals surface area contributed by atoms with Crippen molar-refractivity contribution >= 4 is 0 Å². The van der Waals surface area contributed by atoms with Gasteiger partial charge in [0.05, 0.1) is 14.2 Å². The largest absolute Gasteiger partial charge is 0.497 e. The maximum absolute atomic E-state index is 13.8. The van der Waals surface area contributed by atoms with Crippen LogP contribution < -0.4 is 9.47 Å². The summed E-state index contributed by atoms with van der Waals surface area (Å²) in [6, 6.07) is 20.9. The highest BCUT2D eigenvalue weighted by atomic mass is 19.1. The number of benzene rings is 3. The van der Waals surface area contributed by atoms with Gasteiger partial charge in [0.2, 0.25) is 0 Å². The Balaban J connectivity index is 1.91. The van der Waals surface area contributed by atoms with Crippen LogP contribution in [-0.4, -0.2) is 14.2 Å². The van der Waals surface area contributed by atoms with Gasteiger partial charge in [0.25, 0.3) is 0 Å². The summed E-state index contributed by atoms with van der Waals surface area (Å²) in [7, 11) is 3.11. The van der Waals surface area contributed by atoms with E-state index in [4.69, 9.17) is 9.47 Å². The van der Waals surface area contributed by atoms with Gasteiger partial charge in [-0.3, -0.25) is 0 Å². The molecule has 0 unspecified atom stereocenters. The Labute approximate surface area is 135 Å². The van der Waals surface area contributed by atoms with Crippen LogP contribution in [-0.2, 0) is 0 Å². The van der Waals surface area contributed by atoms with Crippen LogP contribution in [0, 0.1) is 5.82 Å². The molecule has 0 bridgehead atoms. The van der Waals surface area contributed by atoms with Crippen molar-refractivity contribution in [1.29, 1.82) is 0 Å². The molecule has 0 aliphatic heterocycles. The van der Waals surface area contributed by atoms with Crippen molar-refractivity contribution in [2.75, 3.05) is 14.2 Å². The lowest BCUT2D eigenvalue weighted by Gasteiger charge is -2.08. The molecule has 0 aliphatic carbocycles. The summed E-state index contributed by atoms with van der Waals surface area (Å²) in [5, 5.41) is 0. The van der Waals surface area contributed by atoms with E-state index in [9.17, 15) is 4.39 Å². The summed E-state index contributed by atoms with van der Waals surface area (Å²) in [6.45, 7) is 0. The van der Waals surface area contributed by atoms with E-state index in [1.807, 2.05) is 54.6 Å². The predicted molar refractivity (Wildman–Crippen MR) is 90.4 cm³/mol. The Morgan fingerprint density at radius 3 is 1.83 bits per heavy atom. The van der Waals surface area contributed by atoms with Gasteiger partial charge < -0.3 is 9.47 Å². The van der Waals surface area contributed by atoms with Gasteiger partial charge in [-0.2, -0.15) is 0 Å². The summed E-state index contributed by atoms with van der Waals surface area (Å²) in [5.41, 5.74) is 3.94. The van der Waals surface area contributed by atoms with Crippen molar-refractivity contribution < 1.29 is 13.9 Å².